The molecule has 0 radical (unpaired) electrons. The molecule has 1 N–H and O–H groups in total. The predicted octanol–water partition coefficient (Wildman–Crippen LogP) is 3.98. The number of piperidine rings is 1. The van der Waals surface area contributed by atoms with Gasteiger partial charge in [0.15, 0.2) is 0 Å². The van der Waals surface area contributed by atoms with Gasteiger partial charge >= 0.3 is 12.3 Å². The number of benzene rings is 1. The van der Waals surface area contributed by atoms with Crippen LogP contribution in [0.1, 0.15) is 47.3 Å². The lowest BCUT2D eigenvalue weighted by Crippen LogP contribution is -2.40. The van der Waals surface area contributed by atoms with Gasteiger partial charge < -0.3 is 14.2 Å². The second kappa shape index (κ2) is 7.13. The van der Waals surface area contributed by atoms with Gasteiger partial charge in [-0.2, -0.15) is 18.3 Å². The summed E-state index contributed by atoms with van der Waals surface area (Å²) in [5, 5.41) is 2.24. The first-order valence-corrected chi connectivity index (χ1v) is 8.41. The zero-order valence-electron chi connectivity index (χ0n) is 14.8. The monoisotopic (exact) mass is 384 g/mol. The number of halogens is 3. The van der Waals surface area contributed by atoms with Crippen LogP contribution in [0.25, 0.3) is 0 Å². The number of methoxy groups -OCH3 is 1. The van der Waals surface area contributed by atoms with Crippen molar-refractivity contribution < 1.29 is 27.2 Å². The van der Waals surface area contributed by atoms with Crippen molar-refractivity contribution in [3.05, 3.63) is 57.1 Å². The number of ether oxygens (including phenoxy) is 1. The molecule has 0 bridgehead atoms. The van der Waals surface area contributed by atoms with Crippen molar-refractivity contribution in [2.75, 3.05) is 13.7 Å². The number of aromatic nitrogens is 1. The first kappa shape index (κ1) is 19.1. The maximum atomic E-state index is 13.0. The standard InChI is InChI=1S/C18H19F3N2O4/c1-10-7-12(18(19,20)21)3-4-13(10)14-8-11(15-9-16(24)22-27-15)5-6-23(14)17(25)26-2/h3-4,7,9,11,14H,5-6,8H2,1-2H3,(H,22,24)/t11-,14+/m1/s1. The average Bonchev–Trinajstić information content (AvgIpc) is 3.06. The zero-order chi connectivity index (χ0) is 19.8. The van der Waals surface area contributed by atoms with E-state index in [4.69, 9.17) is 9.26 Å². The van der Waals surface area contributed by atoms with Crippen LogP contribution < -0.4 is 5.56 Å². The molecule has 1 saturated heterocycles. The summed E-state index contributed by atoms with van der Waals surface area (Å²) in [7, 11) is 1.26. The number of amides is 1. The number of nitrogens with one attached hydrogen (secondary N) is 1. The lowest BCUT2D eigenvalue weighted by Gasteiger charge is -2.38. The van der Waals surface area contributed by atoms with Gasteiger partial charge in [0.2, 0.25) is 0 Å². The molecule has 1 aliphatic heterocycles. The number of rotatable bonds is 2. The largest absolute Gasteiger partial charge is 0.453 e. The molecule has 2 atom stereocenters. The van der Waals surface area contributed by atoms with E-state index in [1.165, 1.54) is 24.1 Å². The number of carbonyl (C=O) groups excluding carboxylic acids is 1. The van der Waals surface area contributed by atoms with E-state index in [1.54, 1.807) is 6.92 Å². The minimum absolute atomic E-state index is 0.142. The van der Waals surface area contributed by atoms with Crippen molar-refractivity contribution in [3.8, 4) is 0 Å². The maximum absolute atomic E-state index is 13.0. The Hall–Kier alpha value is -2.71. The zero-order valence-corrected chi connectivity index (χ0v) is 14.8. The fourth-order valence-electron chi connectivity index (χ4n) is 3.58. The SMILES string of the molecule is COC(=O)N1CC[C@@H](c2cc(=O)[nH]o2)C[C@H]1c1ccc(C(F)(F)F)cc1C. The molecule has 6 nitrogen and oxygen atoms in total. The third-order valence-corrected chi connectivity index (χ3v) is 4.91. The Labute approximate surface area is 152 Å². The van der Waals surface area contributed by atoms with Crippen LogP contribution in [0.3, 0.4) is 0 Å². The van der Waals surface area contributed by atoms with Gasteiger partial charge in [0.25, 0.3) is 5.56 Å². The highest BCUT2D eigenvalue weighted by Crippen LogP contribution is 2.41. The number of likely N-dealkylation sites (tertiary alicyclic amines) is 1. The summed E-state index contributed by atoms with van der Waals surface area (Å²) in [5.74, 6) is 0.329. The number of carbonyl (C=O) groups is 1. The predicted molar refractivity (Wildman–Crippen MR) is 89.3 cm³/mol. The Morgan fingerprint density at radius 3 is 2.63 bits per heavy atom. The van der Waals surface area contributed by atoms with E-state index in [0.717, 1.165) is 12.1 Å². The molecule has 27 heavy (non-hydrogen) atoms. The van der Waals surface area contributed by atoms with E-state index in [9.17, 15) is 22.8 Å². The number of hydrogen-bond donors (Lipinski definition) is 1. The second-order valence-corrected chi connectivity index (χ2v) is 6.58. The van der Waals surface area contributed by atoms with Gasteiger partial charge in [-0.3, -0.25) is 4.79 Å². The van der Waals surface area contributed by atoms with E-state index in [1.807, 2.05) is 0 Å². The quantitative estimate of drug-likeness (QED) is 0.850. The third-order valence-electron chi connectivity index (χ3n) is 4.91. The van der Waals surface area contributed by atoms with Crippen LogP contribution in [-0.2, 0) is 10.9 Å². The van der Waals surface area contributed by atoms with Crippen molar-refractivity contribution in [1.29, 1.82) is 0 Å². The van der Waals surface area contributed by atoms with E-state index < -0.39 is 23.9 Å². The van der Waals surface area contributed by atoms with Crippen molar-refractivity contribution in [3.63, 3.8) is 0 Å². The van der Waals surface area contributed by atoms with E-state index in [2.05, 4.69) is 5.16 Å². The first-order chi connectivity index (χ1) is 12.7. The molecule has 146 valence electrons. The van der Waals surface area contributed by atoms with E-state index >= 15 is 0 Å². The molecular formula is C18H19F3N2O4. The summed E-state index contributed by atoms with van der Waals surface area (Å²) >= 11 is 0. The van der Waals surface area contributed by atoms with Gasteiger partial charge in [0.05, 0.1) is 18.7 Å². The van der Waals surface area contributed by atoms with Crippen LogP contribution in [0.4, 0.5) is 18.0 Å². The van der Waals surface area contributed by atoms with Gasteiger partial charge in [-0.1, -0.05) is 6.07 Å². The number of alkyl halides is 3. The van der Waals surface area contributed by atoms with Crippen molar-refractivity contribution >= 4 is 6.09 Å². The summed E-state index contributed by atoms with van der Waals surface area (Å²) < 4.78 is 48.9. The summed E-state index contributed by atoms with van der Waals surface area (Å²) in [6.07, 6.45) is -4.03. The lowest BCUT2D eigenvalue weighted by atomic mass is 9.84. The molecule has 2 aromatic rings. The van der Waals surface area contributed by atoms with Crippen LogP contribution >= 0.6 is 0 Å². The highest BCUT2D eigenvalue weighted by Gasteiger charge is 2.37. The van der Waals surface area contributed by atoms with Gasteiger partial charge in [-0.25, -0.2) is 4.79 Å². The van der Waals surface area contributed by atoms with Crippen LogP contribution in [0, 0.1) is 6.92 Å². The highest BCUT2D eigenvalue weighted by atomic mass is 19.4. The van der Waals surface area contributed by atoms with Gasteiger partial charge in [0, 0.05) is 18.5 Å². The normalized spacial score (nSPS) is 20.6. The molecule has 1 aromatic heterocycles. The first-order valence-electron chi connectivity index (χ1n) is 8.41. The number of hydrogen-bond acceptors (Lipinski definition) is 4. The van der Waals surface area contributed by atoms with Gasteiger partial charge in [-0.15, -0.1) is 0 Å². The van der Waals surface area contributed by atoms with Crippen LogP contribution in [0.15, 0.2) is 33.6 Å². The number of H-pyrrole nitrogens is 1. The topological polar surface area (TPSA) is 75.5 Å². The summed E-state index contributed by atoms with van der Waals surface area (Å²) in [6.45, 7) is 1.91. The number of aryl methyl sites for hydroxylation is 1. The summed E-state index contributed by atoms with van der Waals surface area (Å²) in [6, 6.07) is 4.35. The number of aromatic amines is 1. The maximum Gasteiger partial charge on any atom is 0.416 e. The molecule has 1 aromatic carbocycles. The minimum atomic E-state index is -4.44. The molecule has 0 aliphatic carbocycles. The van der Waals surface area contributed by atoms with Crippen LogP contribution in [0.5, 0.6) is 0 Å². The second-order valence-electron chi connectivity index (χ2n) is 6.58. The van der Waals surface area contributed by atoms with Gasteiger partial charge in [0.1, 0.15) is 5.76 Å². The average molecular weight is 384 g/mol. The summed E-state index contributed by atoms with van der Waals surface area (Å²) in [5.41, 5.74) is -0.0594. The Balaban J connectivity index is 1.96. The molecular weight excluding hydrogens is 365 g/mol. The molecule has 0 spiro atoms. The van der Waals surface area contributed by atoms with Crippen LogP contribution in [-0.4, -0.2) is 29.8 Å². The molecule has 0 saturated carbocycles. The lowest BCUT2D eigenvalue weighted by molar-refractivity contribution is -0.137. The van der Waals surface area contributed by atoms with Gasteiger partial charge in [-0.05, 0) is 43.0 Å². The van der Waals surface area contributed by atoms with Crippen molar-refractivity contribution in [1.82, 2.24) is 10.1 Å². The van der Waals surface area contributed by atoms with Crippen molar-refractivity contribution in [2.45, 2.75) is 37.9 Å². The van der Waals surface area contributed by atoms with E-state index in [0.29, 0.717) is 36.3 Å². The smallest absolute Gasteiger partial charge is 0.416 e. The molecule has 2 heterocycles. The molecule has 9 heteroatoms. The Morgan fingerprint density at radius 1 is 1.33 bits per heavy atom. The molecule has 1 aliphatic rings. The Morgan fingerprint density at radius 2 is 2.07 bits per heavy atom. The van der Waals surface area contributed by atoms with E-state index in [-0.39, 0.29) is 11.5 Å². The summed E-state index contributed by atoms with van der Waals surface area (Å²) in [4.78, 5) is 25.0. The molecule has 0 unspecified atom stereocenters. The molecule has 3 rings (SSSR count). The fraction of sp³-hybridized carbons (Fsp3) is 0.444. The number of nitrogens with zero attached hydrogens (tertiary/aromatic N) is 1. The highest BCUT2D eigenvalue weighted by molar-refractivity contribution is 5.68. The fourth-order valence-corrected chi connectivity index (χ4v) is 3.58. The minimum Gasteiger partial charge on any atom is -0.453 e. The Bertz CT molecular complexity index is 887. The molecule has 1 amide bonds. The molecule has 1 fully saturated rings. The Kier molecular flexibility index (Phi) is 5.03. The van der Waals surface area contributed by atoms with Crippen LogP contribution in [0.2, 0.25) is 0 Å². The third kappa shape index (κ3) is 3.86. The van der Waals surface area contributed by atoms with Crippen molar-refractivity contribution in [2.24, 2.45) is 0 Å².